The Morgan fingerprint density at radius 1 is 1.47 bits per heavy atom. The molecule has 0 aliphatic rings. The van der Waals surface area contributed by atoms with Gasteiger partial charge in [0.25, 0.3) is 0 Å². The Labute approximate surface area is 110 Å². The number of benzene rings is 1. The largest absolute Gasteiger partial charge is 0.310 e. The Kier molecular flexibility index (Phi) is 3.97. The molecule has 1 aromatic heterocycles. The average molecular weight is 294 g/mol. The smallest absolute Gasteiger partial charge is 0.0991 e. The first kappa shape index (κ1) is 12.3. The number of nitrogens with one attached hydrogen (secondary N) is 1. The highest BCUT2D eigenvalue weighted by atomic mass is 79.9. The Hall–Kier alpha value is -1.13. The number of imidazole rings is 1. The number of rotatable bonds is 4. The summed E-state index contributed by atoms with van der Waals surface area (Å²) in [5, 5.41) is 3.43. The molecule has 17 heavy (non-hydrogen) atoms. The molecule has 0 fully saturated rings. The molecule has 4 heteroatoms. The summed E-state index contributed by atoms with van der Waals surface area (Å²) >= 11 is 3.52. The third-order valence-corrected chi connectivity index (χ3v) is 3.25. The van der Waals surface area contributed by atoms with Crippen molar-refractivity contribution in [2.75, 3.05) is 6.54 Å². The minimum absolute atomic E-state index is 0.325. The van der Waals surface area contributed by atoms with Crippen LogP contribution in [0.4, 0.5) is 0 Å². The number of halogens is 1. The molecule has 1 aromatic carbocycles. The molecule has 1 heterocycles. The van der Waals surface area contributed by atoms with E-state index in [1.807, 2.05) is 17.1 Å². The van der Waals surface area contributed by atoms with Gasteiger partial charge in [-0.1, -0.05) is 28.9 Å². The van der Waals surface area contributed by atoms with Gasteiger partial charge in [-0.25, -0.2) is 4.98 Å². The fourth-order valence-electron chi connectivity index (χ4n) is 1.92. The molecule has 1 N–H and O–H groups in total. The Balaban J connectivity index is 2.45. The molecule has 0 bridgehead atoms. The van der Waals surface area contributed by atoms with Crippen molar-refractivity contribution >= 4 is 15.9 Å². The topological polar surface area (TPSA) is 29.9 Å². The second-order valence-corrected chi connectivity index (χ2v) is 4.87. The van der Waals surface area contributed by atoms with E-state index in [4.69, 9.17) is 0 Å². The molecule has 2 rings (SSSR count). The number of nitrogens with zero attached hydrogens (tertiary/aromatic N) is 2. The molecule has 0 amide bonds. The van der Waals surface area contributed by atoms with Crippen LogP contribution < -0.4 is 5.32 Å². The summed E-state index contributed by atoms with van der Waals surface area (Å²) in [4.78, 5) is 4.10. The first-order valence-corrected chi connectivity index (χ1v) is 6.53. The van der Waals surface area contributed by atoms with Gasteiger partial charge in [0.2, 0.25) is 0 Å². The summed E-state index contributed by atoms with van der Waals surface area (Å²) in [6.45, 7) is 5.25. The van der Waals surface area contributed by atoms with E-state index in [0.717, 1.165) is 16.7 Å². The second kappa shape index (κ2) is 5.47. The normalized spacial score (nSPS) is 12.6. The molecule has 90 valence electrons. The lowest BCUT2D eigenvalue weighted by Crippen LogP contribution is -2.19. The molecule has 0 aliphatic carbocycles. The number of aromatic nitrogens is 2. The van der Waals surface area contributed by atoms with E-state index in [1.54, 1.807) is 6.20 Å². The zero-order valence-electron chi connectivity index (χ0n) is 10.0. The summed E-state index contributed by atoms with van der Waals surface area (Å²) < 4.78 is 3.11. The number of hydrogen-bond acceptors (Lipinski definition) is 2. The molecule has 2 aromatic rings. The summed E-state index contributed by atoms with van der Waals surface area (Å²) in [6, 6.07) is 6.66. The van der Waals surface area contributed by atoms with Crippen molar-refractivity contribution in [2.24, 2.45) is 0 Å². The van der Waals surface area contributed by atoms with Crippen LogP contribution in [-0.4, -0.2) is 16.1 Å². The zero-order valence-corrected chi connectivity index (χ0v) is 11.6. The van der Waals surface area contributed by atoms with Gasteiger partial charge in [0, 0.05) is 22.9 Å². The quantitative estimate of drug-likeness (QED) is 0.937. The molecule has 0 saturated carbocycles. The van der Waals surface area contributed by atoms with Gasteiger partial charge in [0.05, 0.1) is 12.0 Å². The Morgan fingerprint density at radius 3 is 2.94 bits per heavy atom. The molecular formula is C13H16BrN3. The third-order valence-electron chi connectivity index (χ3n) is 2.75. The van der Waals surface area contributed by atoms with Crippen LogP contribution in [0.2, 0.25) is 0 Å². The molecule has 0 radical (unpaired) electrons. The lowest BCUT2D eigenvalue weighted by molar-refractivity contribution is 0.595. The third kappa shape index (κ3) is 2.76. The molecule has 3 nitrogen and oxygen atoms in total. The van der Waals surface area contributed by atoms with Crippen molar-refractivity contribution in [3.8, 4) is 5.69 Å². The van der Waals surface area contributed by atoms with Gasteiger partial charge in [-0.15, -0.1) is 0 Å². The summed E-state index contributed by atoms with van der Waals surface area (Å²) in [5.74, 6) is 0. The maximum absolute atomic E-state index is 4.10. The van der Waals surface area contributed by atoms with Gasteiger partial charge >= 0.3 is 0 Å². The fourth-order valence-corrected chi connectivity index (χ4v) is 2.27. The Morgan fingerprint density at radius 2 is 2.29 bits per heavy atom. The summed E-state index contributed by atoms with van der Waals surface area (Å²) in [7, 11) is 0. The first-order chi connectivity index (χ1) is 8.22. The van der Waals surface area contributed by atoms with Crippen molar-refractivity contribution < 1.29 is 0 Å². The monoisotopic (exact) mass is 293 g/mol. The van der Waals surface area contributed by atoms with Crippen molar-refractivity contribution in [3.63, 3.8) is 0 Å². The predicted octanol–water partition coefficient (Wildman–Crippen LogP) is 3.31. The van der Waals surface area contributed by atoms with E-state index in [2.05, 4.69) is 58.3 Å². The van der Waals surface area contributed by atoms with Crippen LogP contribution in [0.25, 0.3) is 5.69 Å². The predicted molar refractivity (Wildman–Crippen MR) is 73.4 cm³/mol. The highest BCUT2D eigenvalue weighted by molar-refractivity contribution is 9.10. The van der Waals surface area contributed by atoms with Crippen molar-refractivity contribution in [3.05, 3.63) is 47.0 Å². The van der Waals surface area contributed by atoms with Gasteiger partial charge in [-0.3, -0.25) is 0 Å². The summed E-state index contributed by atoms with van der Waals surface area (Å²) in [5.41, 5.74) is 2.43. The molecule has 1 atom stereocenters. The fraction of sp³-hybridized carbons (Fsp3) is 0.308. The maximum Gasteiger partial charge on any atom is 0.0991 e. The van der Waals surface area contributed by atoms with Crippen LogP contribution in [0.1, 0.15) is 25.5 Å². The van der Waals surface area contributed by atoms with Crippen LogP contribution in [0, 0.1) is 0 Å². The van der Waals surface area contributed by atoms with E-state index in [1.165, 1.54) is 5.56 Å². The van der Waals surface area contributed by atoms with Crippen LogP contribution in [-0.2, 0) is 0 Å². The van der Waals surface area contributed by atoms with Gasteiger partial charge < -0.3 is 9.88 Å². The van der Waals surface area contributed by atoms with E-state index >= 15 is 0 Å². The van der Waals surface area contributed by atoms with Gasteiger partial charge in [-0.2, -0.15) is 0 Å². The highest BCUT2D eigenvalue weighted by Gasteiger charge is 2.11. The van der Waals surface area contributed by atoms with E-state index < -0.39 is 0 Å². The molecule has 0 saturated heterocycles. The van der Waals surface area contributed by atoms with Crippen molar-refractivity contribution in [2.45, 2.75) is 19.9 Å². The van der Waals surface area contributed by atoms with Crippen molar-refractivity contribution in [1.82, 2.24) is 14.9 Å². The SMILES string of the molecule is CCNC(C)c1ccc(Br)cc1-n1ccnc1. The first-order valence-electron chi connectivity index (χ1n) is 5.73. The lowest BCUT2D eigenvalue weighted by Gasteiger charge is -2.18. The van der Waals surface area contributed by atoms with E-state index in [9.17, 15) is 0 Å². The van der Waals surface area contributed by atoms with Crippen molar-refractivity contribution in [1.29, 1.82) is 0 Å². The average Bonchev–Trinajstić information content (AvgIpc) is 2.82. The zero-order chi connectivity index (χ0) is 12.3. The van der Waals surface area contributed by atoms with Crippen LogP contribution >= 0.6 is 15.9 Å². The van der Waals surface area contributed by atoms with Gasteiger partial charge in [-0.05, 0) is 31.2 Å². The van der Waals surface area contributed by atoms with E-state index in [0.29, 0.717) is 6.04 Å². The molecular weight excluding hydrogens is 278 g/mol. The van der Waals surface area contributed by atoms with Crippen LogP contribution in [0.15, 0.2) is 41.4 Å². The molecule has 0 spiro atoms. The van der Waals surface area contributed by atoms with Gasteiger partial charge in [0.15, 0.2) is 0 Å². The minimum Gasteiger partial charge on any atom is -0.310 e. The van der Waals surface area contributed by atoms with Gasteiger partial charge in [0.1, 0.15) is 0 Å². The maximum atomic E-state index is 4.10. The minimum atomic E-state index is 0.325. The second-order valence-electron chi connectivity index (χ2n) is 3.95. The summed E-state index contributed by atoms with van der Waals surface area (Å²) in [6.07, 6.45) is 5.58. The van der Waals surface area contributed by atoms with Crippen LogP contribution in [0.5, 0.6) is 0 Å². The molecule has 0 aliphatic heterocycles. The van der Waals surface area contributed by atoms with E-state index in [-0.39, 0.29) is 0 Å². The van der Waals surface area contributed by atoms with Crippen LogP contribution in [0.3, 0.4) is 0 Å². The standard InChI is InChI=1S/C13H16BrN3/c1-3-16-10(2)12-5-4-11(14)8-13(12)17-7-6-15-9-17/h4-10,16H,3H2,1-2H3. The Bertz CT molecular complexity index is 479. The highest BCUT2D eigenvalue weighted by Crippen LogP contribution is 2.25. The molecule has 1 unspecified atom stereocenters. The lowest BCUT2D eigenvalue weighted by atomic mass is 10.1. The number of hydrogen-bond donors (Lipinski definition) is 1.